The Morgan fingerprint density at radius 3 is 2.39 bits per heavy atom. The van der Waals surface area contributed by atoms with Crippen LogP contribution in [0.15, 0.2) is 24.3 Å². The normalized spacial score (nSPS) is 11.0. The predicted octanol–water partition coefficient (Wildman–Crippen LogP) is 2.19. The number of rotatable bonds is 6. The van der Waals surface area contributed by atoms with E-state index in [2.05, 4.69) is 10.0 Å². The molecule has 6 heteroatoms. The Morgan fingerprint density at radius 1 is 1.22 bits per heavy atom. The Morgan fingerprint density at radius 2 is 1.83 bits per heavy atom. The van der Waals surface area contributed by atoms with Gasteiger partial charge in [0.15, 0.2) is 0 Å². The van der Waals surface area contributed by atoms with Crippen molar-refractivity contribution in [2.45, 2.75) is 26.7 Å². The Bertz CT molecular complexity index is 512. The molecular formula is C12H18N2O3S. The van der Waals surface area contributed by atoms with E-state index in [1.54, 1.807) is 24.3 Å². The van der Waals surface area contributed by atoms with Crippen LogP contribution in [0.5, 0.6) is 0 Å². The minimum atomic E-state index is -3.36. The Kier molecular flexibility index (Phi) is 5.15. The van der Waals surface area contributed by atoms with Gasteiger partial charge < -0.3 is 5.32 Å². The van der Waals surface area contributed by atoms with Crippen LogP contribution in [0.1, 0.15) is 26.7 Å². The molecule has 1 aromatic rings. The molecule has 5 nitrogen and oxygen atoms in total. The number of para-hydroxylation sites is 2. The molecule has 18 heavy (non-hydrogen) atoms. The number of anilines is 2. The first-order valence-electron chi connectivity index (χ1n) is 5.81. The number of hydrogen-bond acceptors (Lipinski definition) is 3. The maximum atomic E-state index is 11.8. The van der Waals surface area contributed by atoms with Crippen molar-refractivity contribution in [2.24, 2.45) is 0 Å². The molecule has 0 aliphatic rings. The van der Waals surface area contributed by atoms with E-state index in [1.807, 2.05) is 6.92 Å². The number of nitrogens with one attached hydrogen (secondary N) is 2. The first-order valence-corrected chi connectivity index (χ1v) is 7.47. The van der Waals surface area contributed by atoms with Gasteiger partial charge in [0, 0.05) is 6.92 Å². The topological polar surface area (TPSA) is 75.3 Å². The summed E-state index contributed by atoms with van der Waals surface area (Å²) in [4.78, 5) is 11.0. The summed E-state index contributed by atoms with van der Waals surface area (Å²) in [5.41, 5.74) is 0.855. The summed E-state index contributed by atoms with van der Waals surface area (Å²) < 4.78 is 26.0. The van der Waals surface area contributed by atoms with Crippen LogP contribution in [0, 0.1) is 0 Å². The summed E-state index contributed by atoms with van der Waals surface area (Å²) in [6.07, 6.45) is 1.42. The molecule has 1 rings (SSSR count). The van der Waals surface area contributed by atoms with Crippen LogP contribution in [0.2, 0.25) is 0 Å². The zero-order valence-electron chi connectivity index (χ0n) is 10.6. The molecule has 0 atom stereocenters. The number of unbranched alkanes of at least 4 members (excludes halogenated alkanes) is 1. The molecule has 0 aliphatic heterocycles. The molecule has 0 aliphatic carbocycles. The highest BCUT2D eigenvalue weighted by molar-refractivity contribution is 7.92. The second-order valence-electron chi connectivity index (χ2n) is 4.00. The number of carbonyl (C=O) groups excluding carboxylic acids is 1. The number of amides is 1. The van der Waals surface area contributed by atoms with Gasteiger partial charge >= 0.3 is 0 Å². The summed E-state index contributed by atoms with van der Waals surface area (Å²) in [6, 6.07) is 6.71. The van der Waals surface area contributed by atoms with Crippen LogP contribution >= 0.6 is 0 Å². The molecule has 1 aromatic carbocycles. The minimum Gasteiger partial charge on any atom is -0.325 e. The average molecular weight is 270 g/mol. The van der Waals surface area contributed by atoms with Crippen molar-refractivity contribution in [1.29, 1.82) is 0 Å². The van der Waals surface area contributed by atoms with Crippen LogP contribution < -0.4 is 10.0 Å². The highest BCUT2D eigenvalue weighted by Gasteiger charge is 2.12. The van der Waals surface area contributed by atoms with Gasteiger partial charge in [-0.05, 0) is 18.6 Å². The van der Waals surface area contributed by atoms with Gasteiger partial charge in [-0.25, -0.2) is 8.42 Å². The summed E-state index contributed by atoms with van der Waals surface area (Å²) in [5, 5.41) is 2.59. The first kappa shape index (κ1) is 14.5. The second kappa shape index (κ2) is 6.39. The van der Waals surface area contributed by atoms with E-state index in [9.17, 15) is 13.2 Å². The SMILES string of the molecule is CCCCS(=O)(=O)Nc1ccccc1NC(C)=O. The Labute approximate surface area is 108 Å². The number of benzene rings is 1. The van der Waals surface area contributed by atoms with Crippen LogP contribution in [-0.2, 0) is 14.8 Å². The monoisotopic (exact) mass is 270 g/mol. The molecule has 0 unspecified atom stereocenters. The maximum absolute atomic E-state index is 11.8. The van der Waals surface area contributed by atoms with E-state index in [4.69, 9.17) is 0 Å². The minimum absolute atomic E-state index is 0.0813. The van der Waals surface area contributed by atoms with Crippen molar-refractivity contribution in [3.8, 4) is 0 Å². The van der Waals surface area contributed by atoms with E-state index in [1.165, 1.54) is 6.92 Å². The maximum Gasteiger partial charge on any atom is 0.232 e. The van der Waals surface area contributed by atoms with Crippen molar-refractivity contribution in [3.63, 3.8) is 0 Å². The second-order valence-corrected chi connectivity index (χ2v) is 5.84. The zero-order valence-corrected chi connectivity index (χ0v) is 11.4. The molecule has 0 saturated carbocycles. The van der Waals surface area contributed by atoms with Gasteiger partial charge in [-0.1, -0.05) is 25.5 Å². The number of carbonyl (C=O) groups is 1. The van der Waals surface area contributed by atoms with Gasteiger partial charge in [0.2, 0.25) is 15.9 Å². The van der Waals surface area contributed by atoms with Crippen molar-refractivity contribution < 1.29 is 13.2 Å². The van der Waals surface area contributed by atoms with Crippen molar-refractivity contribution in [3.05, 3.63) is 24.3 Å². The largest absolute Gasteiger partial charge is 0.325 e. The van der Waals surface area contributed by atoms with Crippen LogP contribution in [-0.4, -0.2) is 20.1 Å². The van der Waals surface area contributed by atoms with Crippen molar-refractivity contribution in [2.75, 3.05) is 15.8 Å². The third kappa shape index (κ3) is 4.75. The van der Waals surface area contributed by atoms with Gasteiger partial charge in [-0.3, -0.25) is 9.52 Å². The molecular weight excluding hydrogens is 252 g/mol. The molecule has 100 valence electrons. The van der Waals surface area contributed by atoms with Gasteiger partial charge in [0.25, 0.3) is 0 Å². The van der Waals surface area contributed by atoms with E-state index in [0.717, 1.165) is 6.42 Å². The average Bonchev–Trinajstić information content (AvgIpc) is 2.28. The van der Waals surface area contributed by atoms with Crippen molar-refractivity contribution in [1.82, 2.24) is 0 Å². The highest BCUT2D eigenvalue weighted by Crippen LogP contribution is 2.22. The molecule has 0 spiro atoms. The summed E-state index contributed by atoms with van der Waals surface area (Å²) in [7, 11) is -3.36. The molecule has 0 heterocycles. The zero-order chi connectivity index (χ0) is 13.6. The molecule has 2 N–H and O–H groups in total. The summed E-state index contributed by atoms with van der Waals surface area (Å²) >= 11 is 0. The molecule has 1 amide bonds. The smallest absolute Gasteiger partial charge is 0.232 e. The van der Waals surface area contributed by atoms with Gasteiger partial charge in [-0.2, -0.15) is 0 Å². The lowest BCUT2D eigenvalue weighted by Crippen LogP contribution is -2.18. The first-order chi connectivity index (χ1) is 8.44. The summed E-state index contributed by atoms with van der Waals surface area (Å²) in [5.74, 6) is -0.159. The van der Waals surface area contributed by atoms with Gasteiger partial charge in [0.05, 0.1) is 17.1 Å². The molecule has 0 fully saturated rings. The lowest BCUT2D eigenvalue weighted by atomic mass is 10.3. The molecule has 0 radical (unpaired) electrons. The lowest BCUT2D eigenvalue weighted by Gasteiger charge is -2.12. The van der Waals surface area contributed by atoms with E-state index >= 15 is 0 Å². The fraction of sp³-hybridized carbons (Fsp3) is 0.417. The Balaban J connectivity index is 2.86. The molecule has 0 aromatic heterocycles. The fourth-order valence-electron chi connectivity index (χ4n) is 1.42. The van der Waals surface area contributed by atoms with E-state index in [-0.39, 0.29) is 11.7 Å². The van der Waals surface area contributed by atoms with Gasteiger partial charge in [-0.15, -0.1) is 0 Å². The predicted molar refractivity (Wildman–Crippen MR) is 73.1 cm³/mol. The molecule has 0 bridgehead atoms. The van der Waals surface area contributed by atoms with Crippen LogP contribution in [0.4, 0.5) is 11.4 Å². The van der Waals surface area contributed by atoms with E-state index in [0.29, 0.717) is 17.8 Å². The van der Waals surface area contributed by atoms with Crippen LogP contribution in [0.25, 0.3) is 0 Å². The van der Waals surface area contributed by atoms with Crippen molar-refractivity contribution >= 4 is 27.3 Å². The highest BCUT2D eigenvalue weighted by atomic mass is 32.2. The van der Waals surface area contributed by atoms with Crippen LogP contribution in [0.3, 0.4) is 0 Å². The fourth-order valence-corrected chi connectivity index (χ4v) is 2.71. The van der Waals surface area contributed by atoms with E-state index < -0.39 is 10.0 Å². The summed E-state index contributed by atoms with van der Waals surface area (Å²) in [6.45, 7) is 3.31. The quantitative estimate of drug-likeness (QED) is 0.832. The third-order valence-electron chi connectivity index (χ3n) is 2.27. The lowest BCUT2D eigenvalue weighted by molar-refractivity contribution is -0.114. The number of sulfonamides is 1. The standard InChI is InChI=1S/C12H18N2O3S/c1-3-4-9-18(16,17)14-12-8-6-5-7-11(12)13-10(2)15/h5-8,14H,3-4,9H2,1-2H3,(H,13,15). The Hall–Kier alpha value is -1.56. The van der Waals surface area contributed by atoms with Gasteiger partial charge in [0.1, 0.15) is 0 Å². The number of hydrogen-bond donors (Lipinski definition) is 2. The third-order valence-corrected chi connectivity index (χ3v) is 3.63. The molecule has 0 saturated heterocycles.